The number of ketones is 1. The summed E-state index contributed by atoms with van der Waals surface area (Å²) < 4.78 is 0. The average molecular weight is 420 g/mol. The van der Waals surface area contributed by atoms with Gasteiger partial charge in [0.05, 0.1) is 16.1 Å². The Morgan fingerprint density at radius 3 is 2.62 bits per heavy atom. The van der Waals surface area contributed by atoms with E-state index in [1.807, 2.05) is 12.1 Å². The topological polar surface area (TPSA) is 32.3 Å². The zero-order valence-electron chi connectivity index (χ0n) is 15.5. The minimum absolute atomic E-state index is 0. The molecule has 2 aliphatic rings. The molecule has 4 atom stereocenters. The zero-order valence-corrected chi connectivity index (χ0v) is 17.8. The molecule has 1 saturated carbocycles. The van der Waals surface area contributed by atoms with Crippen LogP contribution in [-0.4, -0.2) is 43.4 Å². The van der Waals surface area contributed by atoms with Crippen molar-refractivity contribution in [3.8, 4) is 0 Å². The quantitative estimate of drug-likeness (QED) is 0.755. The lowest BCUT2D eigenvalue weighted by molar-refractivity contribution is -0.124. The highest BCUT2D eigenvalue weighted by molar-refractivity contribution is 6.42. The third-order valence-corrected chi connectivity index (χ3v) is 6.43. The standard InChI is InChI=1S/C20H28Cl2N2O.ClH/c1-24(2)12-15-11-14-5-3-4-6-16(14)20(23-15)19(25)10-13-7-8-17(21)18(22)9-13;/h7-9,14-16,20,23H,3-6,10-12H2,1-2H3;1H. The van der Waals surface area contributed by atoms with Gasteiger partial charge in [-0.1, -0.05) is 48.5 Å². The van der Waals surface area contributed by atoms with Gasteiger partial charge in [-0.3, -0.25) is 4.79 Å². The van der Waals surface area contributed by atoms with Crippen molar-refractivity contribution in [3.05, 3.63) is 33.8 Å². The summed E-state index contributed by atoms with van der Waals surface area (Å²) in [6.45, 7) is 0.986. The number of carbonyl (C=O) groups is 1. The molecule has 0 bridgehead atoms. The van der Waals surface area contributed by atoms with Gasteiger partial charge in [0.2, 0.25) is 0 Å². The zero-order chi connectivity index (χ0) is 18.0. The minimum atomic E-state index is -0.0292. The summed E-state index contributed by atoms with van der Waals surface area (Å²) in [6, 6.07) is 5.87. The van der Waals surface area contributed by atoms with Crippen molar-refractivity contribution in [1.29, 1.82) is 0 Å². The van der Waals surface area contributed by atoms with Crippen LogP contribution in [0.3, 0.4) is 0 Å². The van der Waals surface area contributed by atoms with E-state index in [1.165, 1.54) is 32.1 Å². The van der Waals surface area contributed by atoms with Crippen LogP contribution in [0.15, 0.2) is 18.2 Å². The summed E-state index contributed by atoms with van der Waals surface area (Å²) in [5, 5.41) is 4.73. The van der Waals surface area contributed by atoms with Crippen LogP contribution < -0.4 is 5.32 Å². The van der Waals surface area contributed by atoms with Gasteiger partial charge in [-0.25, -0.2) is 0 Å². The van der Waals surface area contributed by atoms with Gasteiger partial charge >= 0.3 is 0 Å². The number of halogens is 3. The molecule has 146 valence electrons. The first-order valence-electron chi connectivity index (χ1n) is 9.31. The van der Waals surface area contributed by atoms with Gasteiger partial charge in [-0.2, -0.15) is 0 Å². The molecule has 0 aromatic heterocycles. The molecular formula is C20H29Cl3N2O. The Balaban J connectivity index is 0.00000243. The summed E-state index contributed by atoms with van der Waals surface area (Å²) in [4.78, 5) is 15.3. The van der Waals surface area contributed by atoms with Crippen molar-refractivity contribution in [3.63, 3.8) is 0 Å². The van der Waals surface area contributed by atoms with Gasteiger partial charge in [0.1, 0.15) is 0 Å². The maximum atomic E-state index is 13.1. The summed E-state index contributed by atoms with van der Waals surface area (Å²) in [6.07, 6.45) is 6.62. The SMILES string of the molecule is CN(C)CC1CC2CCCCC2C(C(=O)Cc2ccc(Cl)c(Cl)c2)N1.Cl. The van der Waals surface area contributed by atoms with E-state index in [1.54, 1.807) is 6.07 Å². The number of rotatable bonds is 5. The van der Waals surface area contributed by atoms with Gasteiger partial charge in [0, 0.05) is 19.0 Å². The molecule has 2 fully saturated rings. The van der Waals surface area contributed by atoms with Crippen molar-refractivity contribution in [1.82, 2.24) is 10.2 Å². The number of likely N-dealkylation sites (N-methyl/N-ethyl adjacent to an activating group) is 1. The molecule has 3 rings (SSSR count). The first-order chi connectivity index (χ1) is 11.9. The van der Waals surface area contributed by atoms with Gasteiger partial charge in [-0.05, 0) is 56.5 Å². The summed E-state index contributed by atoms with van der Waals surface area (Å²) in [7, 11) is 4.20. The normalized spacial score (nSPS) is 28.3. The van der Waals surface area contributed by atoms with Crippen LogP contribution >= 0.6 is 35.6 Å². The Hall–Kier alpha value is -0.320. The molecule has 1 aliphatic heterocycles. The first-order valence-corrected chi connectivity index (χ1v) is 10.1. The smallest absolute Gasteiger partial charge is 0.154 e. The van der Waals surface area contributed by atoms with E-state index in [-0.39, 0.29) is 18.4 Å². The van der Waals surface area contributed by atoms with Crippen molar-refractivity contribution >= 4 is 41.4 Å². The van der Waals surface area contributed by atoms with E-state index in [2.05, 4.69) is 24.3 Å². The number of nitrogens with zero attached hydrogens (tertiary/aromatic N) is 1. The molecule has 1 aromatic carbocycles. The lowest BCUT2D eigenvalue weighted by Crippen LogP contribution is -2.58. The third-order valence-electron chi connectivity index (χ3n) is 5.69. The largest absolute Gasteiger partial charge is 0.308 e. The van der Waals surface area contributed by atoms with E-state index >= 15 is 0 Å². The Morgan fingerprint density at radius 1 is 1.19 bits per heavy atom. The van der Waals surface area contributed by atoms with Gasteiger partial charge in [-0.15, -0.1) is 12.4 Å². The predicted molar refractivity (Wildman–Crippen MR) is 112 cm³/mol. The Labute approximate surface area is 173 Å². The molecule has 0 amide bonds. The first kappa shape index (κ1) is 22.0. The number of hydrogen-bond acceptors (Lipinski definition) is 3. The van der Waals surface area contributed by atoms with Crippen molar-refractivity contribution in [2.75, 3.05) is 20.6 Å². The monoisotopic (exact) mass is 418 g/mol. The molecule has 1 aromatic rings. The molecule has 4 unspecified atom stereocenters. The average Bonchev–Trinajstić information content (AvgIpc) is 2.57. The summed E-state index contributed by atoms with van der Waals surface area (Å²) in [5.41, 5.74) is 0.947. The highest BCUT2D eigenvalue weighted by Crippen LogP contribution is 2.39. The van der Waals surface area contributed by atoms with Crippen LogP contribution in [0.25, 0.3) is 0 Å². The van der Waals surface area contributed by atoms with Crippen LogP contribution in [0.5, 0.6) is 0 Å². The van der Waals surface area contributed by atoms with Crippen LogP contribution in [0.2, 0.25) is 10.0 Å². The highest BCUT2D eigenvalue weighted by Gasteiger charge is 2.41. The molecule has 26 heavy (non-hydrogen) atoms. The molecule has 0 spiro atoms. The van der Waals surface area contributed by atoms with Crippen molar-refractivity contribution < 1.29 is 4.79 Å². The van der Waals surface area contributed by atoms with E-state index in [0.29, 0.717) is 40.1 Å². The summed E-state index contributed by atoms with van der Waals surface area (Å²) >= 11 is 12.1. The number of hydrogen-bond donors (Lipinski definition) is 1. The van der Waals surface area contributed by atoms with Crippen molar-refractivity contribution in [2.24, 2.45) is 11.8 Å². The van der Waals surface area contributed by atoms with Gasteiger partial charge < -0.3 is 10.2 Å². The minimum Gasteiger partial charge on any atom is -0.308 e. The molecular weight excluding hydrogens is 391 g/mol. The second kappa shape index (κ2) is 9.75. The number of carbonyl (C=O) groups excluding carboxylic acids is 1. The number of nitrogens with one attached hydrogen (secondary N) is 1. The third kappa shape index (κ3) is 5.36. The fraction of sp³-hybridized carbons (Fsp3) is 0.650. The van der Waals surface area contributed by atoms with Gasteiger partial charge in [0.15, 0.2) is 5.78 Å². The fourth-order valence-electron chi connectivity index (χ4n) is 4.64. The number of Topliss-reactive ketones (excluding diaryl/α,β-unsaturated/α-hetero) is 1. The second-order valence-electron chi connectivity index (χ2n) is 7.94. The Bertz CT molecular complexity index is 623. The van der Waals surface area contributed by atoms with Crippen molar-refractivity contribution in [2.45, 2.75) is 50.6 Å². The molecule has 1 heterocycles. The van der Waals surface area contributed by atoms with Crippen LogP contribution in [-0.2, 0) is 11.2 Å². The second-order valence-corrected chi connectivity index (χ2v) is 8.75. The molecule has 1 N–H and O–H groups in total. The lowest BCUT2D eigenvalue weighted by Gasteiger charge is -2.45. The summed E-state index contributed by atoms with van der Waals surface area (Å²) in [5.74, 6) is 1.46. The predicted octanol–water partition coefficient (Wildman–Crippen LogP) is 4.63. The molecule has 3 nitrogen and oxygen atoms in total. The van der Waals surface area contributed by atoms with Crippen LogP contribution in [0.4, 0.5) is 0 Å². The number of benzene rings is 1. The Kier molecular flexibility index (Phi) is 8.24. The van der Waals surface area contributed by atoms with Crippen LogP contribution in [0.1, 0.15) is 37.7 Å². The molecule has 1 aliphatic carbocycles. The van der Waals surface area contributed by atoms with Gasteiger partial charge in [0.25, 0.3) is 0 Å². The molecule has 1 saturated heterocycles. The van der Waals surface area contributed by atoms with E-state index < -0.39 is 0 Å². The van der Waals surface area contributed by atoms with Crippen LogP contribution in [0, 0.1) is 11.8 Å². The Morgan fingerprint density at radius 2 is 1.92 bits per heavy atom. The lowest BCUT2D eigenvalue weighted by atomic mass is 9.68. The fourth-order valence-corrected chi connectivity index (χ4v) is 4.96. The molecule has 6 heteroatoms. The number of piperidine rings is 1. The van der Waals surface area contributed by atoms with E-state index in [0.717, 1.165) is 12.1 Å². The molecule has 0 radical (unpaired) electrons. The van der Waals surface area contributed by atoms with E-state index in [9.17, 15) is 4.79 Å². The number of fused-ring (bicyclic) bond motifs is 1. The maximum absolute atomic E-state index is 13.1. The highest BCUT2D eigenvalue weighted by atomic mass is 35.5. The maximum Gasteiger partial charge on any atom is 0.154 e. The van der Waals surface area contributed by atoms with E-state index in [4.69, 9.17) is 23.2 Å².